The predicted octanol–water partition coefficient (Wildman–Crippen LogP) is 20.6. The SMILES string of the molecule is CC/C=C\C/C=C\C/C=C\C/C=C\C/C=C\C/C=C\CCCCCCCCCCCCCCCCCCCCCCCCC(=O)OC(CO)COC(=O)CCCCCC/C=C\C/C=C\C/C=C\C/C=C\CC. The third kappa shape index (κ3) is 58.9. The summed E-state index contributed by atoms with van der Waals surface area (Å²) in [6, 6.07) is 0. The van der Waals surface area contributed by atoms with Gasteiger partial charge in [0.05, 0.1) is 6.61 Å². The van der Waals surface area contributed by atoms with Crippen molar-refractivity contribution in [3.05, 3.63) is 122 Å². The molecule has 5 nitrogen and oxygen atoms in total. The van der Waals surface area contributed by atoms with Crippen LogP contribution in [0.3, 0.4) is 0 Å². The van der Waals surface area contributed by atoms with Gasteiger partial charge in [0.25, 0.3) is 0 Å². The standard InChI is InChI=1S/C67H112O5/c1-3-5-7-9-11-13-15-17-19-21-22-23-24-25-26-27-28-29-30-31-32-33-34-35-36-37-38-39-40-41-42-43-44-46-48-50-52-54-56-58-60-62-67(70)72-65(63-68)64-71-66(69)61-59-57-55-53-51-49-47-45-20-18-16-14-12-10-8-6-4-2/h5-8,11-14,17-20,22-23,25-26,28-29,47,49,65,68H,3-4,9-10,15-16,21,24,27,30-46,48,50-64H2,1-2H3/b7-5-,8-6-,13-11-,14-12-,19-17-,20-18-,23-22-,26-25-,29-28-,49-47-. The van der Waals surface area contributed by atoms with Gasteiger partial charge in [-0.1, -0.05) is 277 Å². The van der Waals surface area contributed by atoms with Gasteiger partial charge in [-0.05, 0) is 103 Å². The van der Waals surface area contributed by atoms with E-state index in [9.17, 15) is 14.7 Å². The predicted molar refractivity (Wildman–Crippen MR) is 315 cm³/mol. The number of carbonyl (C=O) groups is 2. The zero-order valence-corrected chi connectivity index (χ0v) is 46.9. The highest BCUT2D eigenvalue weighted by Gasteiger charge is 2.16. The van der Waals surface area contributed by atoms with Crippen LogP contribution in [0.4, 0.5) is 0 Å². The van der Waals surface area contributed by atoms with Gasteiger partial charge in [-0.15, -0.1) is 0 Å². The minimum absolute atomic E-state index is 0.0814. The van der Waals surface area contributed by atoms with Gasteiger partial charge in [-0.3, -0.25) is 9.59 Å². The van der Waals surface area contributed by atoms with Crippen molar-refractivity contribution in [2.75, 3.05) is 13.2 Å². The van der Waals surface area contributed by atoms with Crippen molar-refractivity contribution in [2.45, 2.75) is 277 Å². The molecule has 1 N–H and O–H groups in total. The first-order valence-corrected chi connectivity index (χ1v) is 30.1. The number of esters is 2. The molecule has 410 valence electrons. The number of hydrogen-bond acceptors (Lipinski definition) is 5. The molecule has 0 spiro atoms. The van der Waals surface area contributed by atoms with Gasteiger partial charge in [-0.2, -0.15) is 0 Å². The highest BCUT2D eigenvalue weighted by atomic mass is 16.6. The average molecular weight is 998 g/mol. The van der Waals surface area contributed by atoms with Crippen LogP contribution in [-0.2, 0) is 19.1 Å². The Hall–Kier alpha value is -3.70. The van der Waals surface area contributed by atoms with Gasteiger partial charge in [0.2, 0.25) is 0 Å². The quantitative estimate of drug-likeness (QED) is 0.0373. The number of aliphatic hydroxyl groups excluding tert-OH is 1. The van der Waals surface area contributed by atoms with Crippen LogP contribution in [0.25, 0.3) is 0 Å². The number of aliphatic hydroxyl groups is 1. The second-order valence-corrected chi connectivity index (χ2v) is 19.7. The van der Waals surface area contributed by atoms with Crippen LogP contribution in [0.5, 0.6) is 0 Å². The topological polar surface area (TPSA) is 72.8 Å². The van der Waals surface area contributed by atoms with E-state index in [4.69, 9.17) is 9.47 Å². The zero-order chi connectivity index (χ0) is 52.0. The van der Waals surface area contributed by atoms with Crippen molar-refractivity contribution < 1.29 is 24.2 Å². The number of allylic oxidation sites excluding steroid dienone is 20. The number of unbranched alkanes of at least 4 members (excludes halogenated alkanes) is 26. The highest BCUT2D eigenvalue weighted by Crippen LogP contribution is 2.16. The maximum Gasteiger partial charge on any atom is 0.306 e. The molecule has 5 heteroatoms. The van der Waals surface area contributed by atoms with Crippen LogP contribution in [0.1, 0.15) is 271 Å². The summed E-state index contributed by atoms with van der Waals surface area (Å²) in [5.74, 6) is -0.615. The minimum Gasteiger partial charge on any atom is -0.462 e. The Morgan fingerprint density at radius 2 is 0.556 bits per heavy atom. The first-order chi connectivity index (χ1) is 35.6. The third-order valence-electron chi connectivity index (χ3n) is 12.8. The molecule has 0 fully saturated rings. The molecule has 0 aliphatic rings. The monoisotopic (exact) mass is 997 g/mol. The summed E-state index contributed by atoms with van der Waals surface area (Å²) < 4.78 is 10.7. The van der Waals surface area contributed by atoms with Gasteiger partial charge in [0, 0.05) is 12.8 Å². The van der Waals surface area contributed by atoms with Gasteiger partial charge in [-0.25, -0.2) is 0 Å². The Balaban J connectivity index is 3.46. The van der Waals surface area contributed by atoms with E-state index in [1.54, 1.807) is 0 Å². The molecular formula is C67H112O5. The summed E-state index contributed by atoms with van der Waals surface area (Å²) in [7, 11) is 0. The Morgan fingerprint density at radius 3 is 0.833 bits per heavy atom. The molecule has 72 heavy (non-hydrogen) atoms. The molecule has 0 radical (unpaired) electrons. The summed E-state index contributed by atoms with van der Waals surface area (Å²) >= 11 is 0. The lowest BCUT2D eigenvalue weighted by Crippen LogP contribution is -2.28. The second kappa shape index (κ2) is 61.6. The Kier molecular flexibility index (Phi) is 58.4. The van der Waals surface area contributed by atoms with E-state index < -0.39 is 6.10 Å². The fourth-order valence-electron chi connectivity index (χ4n) is 8.32. The van der Waals surface area contributed by atoms with E-state index in [-0.39, 0.29) is 25.2 Å². The third-order valence-corrected chi connectivity index (χ3v) is 12.8. The number of ether oxygens (including phenoxy) is 2. The number of hydrogen-bond donors (Lipinski definition) is 1. The van der Waals surface area contributed by atoms with Gasteiger partial charge in [0.1, 0.15) is 6.61 Å². The van der Waals surface area contributed by atoms with Crippen LogP contribution in [0.2, 0.25) is 0 Å². The van der Waals surface area contributed by atoms with Crippen molar-refractivity contribution in [3.63, 3.8) is 0 Å². The van der Waals surface area contributed by atoms with Gasteiger partial charge in [0.15, 0.2) is 6.10 Å². The maximum atomic E-state index is 12.3. The molecule has 0 amide bonds. The Bertz CT molecular complexity index is 1450. The number of rotatable bonds is 54. The molecule has 0 aromatic carbocycles. The fourth-order valence-corrected chi connectivity index (χ4v) is 8.32. The molecule has 0 aliphatic heterocycles. The van der Waals surface area contributed by atoms with E-state index >= 15 is 0 Å². The van der Waals surface area contributed by atoms with Crippen molar-refractivity contribution >= 4 is 11.9 Å². The number of carbonyl (C=O) groups excluding carboxylic acids is 2. The lowest BCUT2D eigenvalue weighted by Gasteiger charge is -2.15. The van der Waals surface area contributed by atoms with E-state index in [1.165, 1.54) is 128 Å². The van der Waals surface area contributed by atoms with Crippen LogP contribution in [-0.4, -0.2) is 36.4 Å². The van der Waals surface area contributed by atoms with Crippen molar-refractivity contribution in [1.29, 1.82) is 0 Å². The smallest absolute Gasteiger partial charge is 0.306 e. The molecule has 0 heterocycles. The molecule has 0 saturated heterocycles. The summed E-state index contributed by atoms with van der Waals surface area (Å²) in [6.45, 7) is 3.90. The summed E-state index contributed by atoms with van der Waals surface area (Å²) in [5.41, 5.74) is 0. The maximum absolute atomic E-state index is 12.3. The van der Waals surface area contributed by atoms with Crippen LogP contribution in [0, 0.1) is 0 Å². The summed E-state index contributed by atoms with van der Waals surface area (Å²) in [6.07, 6.45) is 90.6. The summed E-state index contributed by atoms with van der Waals surface area (Å²) in [4.78, 5) is 24.5. The lowest BCUT2D eigenvalue weighted by atomic mass is 10.0. The molecule has 0 rings (SSSR count). The Labute approximate surface area is 445 Å². The highest BCUT2D eigenvalue weighted by molar-refractivity contribution is 5.70. The Morgan fingerprint density at radius 1 is 0.319 bits per heavy atom. The molecule has 0 saturated carbocycles. The second-order valence-electron chi connectivity index (χ2n) is 19.7. The van der Waals surface area contributed by atoms with Crippen LogP contribution < -0.4 is 0 Å². The first kappa shape index (κ1) is 68.3. The summed E-state index contributed by atoms with van der Waals surface area (Å²) in [5, 5.41) is 9.64. The average Bonchev–Trinajstić information content (AvgIpc) is 3.38. The van der Waals surface area contributed by atoms with Crippen LogP contribution in [0.15, 0.2) is 122 Å². The first-order valence-electron chi connectivity index (χ1n) is 30.1. The normalized spacial score (nSPS) is 13.1. The molecule has 1 atom stereocenters. The van der Waals surface area contributed by atoms with Crippen LogP contribution >= 0.6 is 0 Å². The van der Waals surface area contributed by atoms with E-state index in [0.29, 0.717) is 12.8 Å². The van der Waals surface area contributed by atoms with Crippen molar-refractivity contribution in [2.24, 2.45) is 0 Å². The lowest BCUT2D eigenvalue weighted by molar-refractivity contribution is -0.161. The van der Waals surface area contributed by atoms with Gasteiger partial charge < -0.3 is 14.6 Å². The molecule has 0 aliphatic carbocycles. The molecular weight excluding hydrogens is 885 g/mol. The van der Waals surface area contributed by atoms with Gasteiger partial charge >= 0.3 is 11.9 Å². The molecule has 1 unspecified atom stereocenters. The fraction of sp³-hybridized carbons (Fsp3) is 0.672. The zero-order valence-electron chi connectivity index (χ0n) is 46.9. The van der Waals surface area contributed by atoms with Crippen molar-refractivity contribution in [1.82, 2.24) is 0 Å². The minimum atomic E-state index is -0.787. The molecule has 0 bridgehead atoms. The van der Waals surface area contributed by atoms with Crippen molar-refractivity contribution in [3.8, 4) is 0 Å². The van der Waals surface area contributed by atoms with E-state index in [1.807, 2.05) is 0 Å². The molecule has 0 aromatic heterocycles. The molecule has 0 aromatic rings. The van der Waals surface area contributed by atoms with E-state index in [2.05, 4.69) is 135 Å². The van der Waals surface area contributed by atoms with E-state index in [0.717, 1.165) is 116 Å². The largest absolute Gasteiger partial charge is 0.462 e.